The van der Waals surface area contributed by atoms with E-state index in [4.69, 9.17) is 4.52 Å². The van der Waals surface area contributed by atoms with Gasteiger partial charge in [-0.05, 0) is 0 Å². The molecule has 0 spiro atoms. The van der Waals surface area contributed by atoms with E-state index in [0.717, 1.165) is 0 Å². The molecule has 3 aromatic rings. The SMILES string of the molecule is O=[N+]([O-])c1cccc(-c2noc(C[n+]3ccccc3)n2)c1. The maximum absolute atomic E-state index is 10.8. The van der Waals surface area contributed by atoms with Gasteiger partial charge in [0.15, 0.2) is 12.4 Å². The van der Waals surface area contributed by atoms with E-state index in [0.29, 0.717) is 23.8 Å². The summed E-state index contributed by atoms with van der Waals surface area (Å²) in [5, 5.41) is 14.6. The van der Waals surface area contributed by atoms with Crippen molar-refractivity contribution in [2.45, 2.75) is 6.54 Å². The first-order valence-corrected chi connectivity index (χ1v) is 6.24. The van der Waals surface area contributed by atoms with Crippen LogP contribution in [0.4, 0.5) is 5.69 Å². The van der Waals surface area contributed by atoms with Crippen molar-refractivity contribution < 1.29 is 14.0 Å². The molecular weight excluding hydrogens is 272 g/mol. The van der Waals surface area contributed by atoms with E-state index in [1.807, 2.05) is 35.2 Å². The summed E-state index contributed by atoms with van der Waals surface area (Å²) in [6, 6.07) is 11.9. The van der Waals surface area contributed by atoms with Crippen molar-refractivity contribution in [3.05, 3.63) is 70.9 Å². The van der Waals surface area contributed by atoms with Gasteiger partial charge in [0.05, 0.1) is 4.92 Å². The van der Waals surface area contributed by atoms with Crippen molar-refractivity contribution in [1.29, 1.82) is 0 Å². The van der Waals surface area contributed by atoms with E-state index in [1.54, 1.807) is 12.1 Å². The zero-order valence-electron chi connectivity index (χ0n) is 10.9. The van der Waals surface area contributed by atoms with Gasteiger partial charge in [0.1, 0.15) is 0 Å². The van der Waals surface area contributed by atoms with E-state index < -0.39 is 4.92 Å². The lowest BCUT2D eigenvalue weighted by molar-refractivity contribution is -0.690. The Balaban J connectivity index is 1.85. The molecule has 3 rings (SSSR count). The van der Waals surface area contributed by atoms with Crippen LogP contribution in [0.15, 0.2) is 59.4 Å². The summed E-state index contributed by atoms with van der Waals surface area (Å²) in [5.74, 6) is 0.776. The highest BCUT2D eigenvalue weighted by atomic mass is 16.6. The van der Waals surface area contributed by atoms with Gasteiger partial charge < -0.3 is 4.52 Å². The van der Waals surface area contributed by atoms with E-state index in [9.17, 15) is 10.1 Å². The van der Waals surface area contributed by atoms with Gasteiger partial charge in [-0.15, -0.1) is 0 Å². The second-order valence-electron chi connectivity index (χ2n) is 4.37. The summed E-state index contributed by atoms with van der Waals surface area (Å²) in [4.78, 5) is 14.6. The van der Waals surface area contributed by atoms with Crippen LogP contribution in [0.1, 0.15) is 5.89 Å². The third-order valence-corrected chi connectivity index (χ3v) is 2.88. The van der Waals surface area contributed by atoms with Crippen LogP contribution in [0.3, 0.4) is 0 Å². The number of hydrogen-bond acceptors (Lipinski definition) is 5. The Morgan fingerprint density at radius 3 is 2.76 bits per heavy atom. The lowest BCUT2D eigenvalue weighted by Gasteiger charge is -1.94. The molecule has 2 aromatic heterocycles. The van der Waals surface area contributed by atoms with Gasteiger partial charge in [0.2, 0.25) is 12.4 Å². The zero-order valence-corrected chi connectivity index (χ0v) is 10.9. The van der Waals surface area contributed by atoms with Gasteiger partial charge in [-0.3, -0.25) is 10.1 Å². The molecule has 0 amide bonds. The fraction of sp³-hybridized carbons (Fsp3) is 0.0714. The summed E-state index contributed by atoms with van der Waals surface area (Å²) in [7, 11) is 0. The van der Waals surface area contributed by atoms with Crippen LogP contribution in [0.2, 0.25) is 0 Å². The molecule has 0 radical (unpaired) electrons. The number of benzene rings is 1. The van der Waals surface area contributed by atoms with Gasteiger partial charge in [0.25, 0.3) is 11.6 Å². The normalized spacial score (nSPS) is 10.5. The second kappa shape index (κ2) is 5.49. The summed E-state index contributed by atoms with van der Waals surface area (Å²) in [5.41, 5.74) is 0.550. The minimum atomic E-state index is -0.454. The summed E-state index contributed by atoms with van der Waals surface area (Å²) < 4.78 is 7.07. The number of nitro benzene ring substituents is 1. The number of hydrogen-bond donors (Lipinski definition) is 0. The minimum Gasteiger partial charge on any atom is -0.332 e. The molecule has 0 unspecified atom stereocenters. The van der Waals surface area contributed by atoms with Crippen LogP contribution in [0.5, 0.6) is 0 Å². The average Bonchev–Trinajstić information content (AvgIpc) is 2.97. The Kier molecular flexibility index (Phi) is 3.38. The molecule has 21 heavy (non-hydrogen) atoms. The molecule has 2 heterocycles. The van der Waals surface area contributed by atoms with Gasteiger partial charge in [-0.25, -0.2) is 0 Å². The fourth-order valence-corrected chi connectivity index (χ4v) is 1.89. The van der Waals surface area contributed by atoms with E-state index >= 15 is 0 Å². The van der Waals surface area contributed by atoms with Crippen LogP contribution in [0.25, 0.3) is 11.4 Å². The first-order valence-electron chi connectivity index (χ1n) is 6.24. The van der Waals surface area contributed by atoms with E-state index in [-0.39, 0.29) is 5.69 Å². The van der Waals surface area contributed by atoms with Crippen molar-refractivity contribution in [3.63, 3.8) is 0 Å². The smallest absolute Gasteiger partial charge is 0.292 e. The van der Waals surface area contributed by atoms with Crippen molar-refractivity contribution in [1.82, 2.24) is 10.1 Å². The molecule has 7 nitrogen and oxygen atoms in total. The maximum atomic E-state index is 10.8. The van der Waals surface area contributed by atoms with E-state index in [1.165, 1.54) is 12.1 Å². The van der Waals surface area contributed by atoms with Crippen LogP contribution in [-0.4, -0.2) is 15.1 Å². The summed E-state index contributed by atoms with van der Waals surface area (Å²) >= 11 is 0. The predicted octanol–water partition coefficient (Wildman–Crippen LogP) is 1.98. The molecule has 104 valence electrons. The molecule has 0 fully saturated rings. The Morgan fingerprint density at radius 1 is 1.19 bits per heavy atom. The molecular formula is C14H11N4O3+. The number of aromatic nitrogens is 3. The average molecular weight is 283 g/mol. The molecule has 0 bridgehead atoms. The Bertz CT molecular complexity index is 771. The van der Waals surface area contributed by atoms with Gasteiger partial charge in [0, 0.05) is 29.8 Å². The third-order valence-electron chi connectivity index (χ3n) is 2.88. The van der Waals surface area contributed by atoms with Gasteiger partial charge in [-0.2, -0.15) is 9.55 Å². The number of non-ortho nitro benzene ring substituents is 1. The Labute approximate surface area is 119 Å². The van der Waals surface area contributed by atoms with Crippen LogP contribution in [0, 0.1) is 10.1 Å². The first-order chi connectivity index (χ1) is 10.2. The highest BCUT2D eigenvalue weighted by Gasteiger charge is 2.14. The molecule has 1 aromatic carbocycles. The highest BCUT2D eigenvalue weighted by Crippen LogP contribution is 2.21. The van der Waals surface area contributed by atoms with Crippen LogP contribution < -0.4 is 4.57 Å². The Morgan fingerprint density at radius 2 is 2.00 bits per heavy atom. The topological polar surface area (TPSA) is 85.9 Å². The molecule has 0 N–H and O–H groups in total. The molecule has 0 aliphatic rings. The number of nitro groups is 1. The van der Waals surface area contributed by atoms with Crippen molar-refractivity contribution >= 4 is 5.69 Å². The third kappa shape index (κ3) is 2.92. The largest absolute Gasteiger partial charge is 0.332 e. The van der Waals surface area contributed by atoms with Gasteiger partial charge >= 0.3 is 0 Å². The van der Waals surface area contributed by atoms with Crippen LogP contribution in [-0.2, 0) is 6.54 Å². The molecule has 0 atom stereocenters. The number of pyridine rings is 1. The quantitative estimate of drug-likeness (QED) is 0.415. The summed E-state index contributed by atoms with van der Waals surface area (Å²) in [6.45, 7) is 0.447. The first kappa shape index (κ1) is 12.9. The standard InChI is InChI=1S/C14H11N4O3/c19-18(20)12-6-4-5-11(9-12)14-15-13(21-16-14)10-17-7-2-1-3-8-17/h1-9H,10H2/q+1. The fourth-order valence-electron chi connectivity index (χ4n) is 1.89. The van der Waals surface area contributed by atoms with Crippen molar-refractivity contribution in [2.24, 2.45) is 0 Å². The lowest BCUT2D eigenvalue weighted by Crippen LogP contribution is -2.32. The molecule has 0 aliphatic carbocycles. The zero-order chi connectivity index (χ0) is 14.7. The molecule has 0 aliphatic heterocycles. The maximum Gasteiger partial charge on any atom is 0.292 e. The second-order valence-corrected chi connectivity index (χ2v) is 4.37. The Hall–Kier alpha value is -3.09. The highest BCUT2D eigenvalue weighted by molar-refractivity contribution is 5.58. The van der Waals surface area contributed by atoms with Gasteiger partial charge in [-0.1, -0.05) is 23.4 Å². The molecule has 0 saturated carbocycles. The molecule has 0 saturated heterocycles. The van der Waals surface area contributed by atoms with Crippen molar-refractivity contribution in [3.8, 4) is 11.4 Å². The predicted molar refractivity (Wildman–Crippen MR) is 72.1 cm³/mol. The monoisotopic (exact) mass is 283 g/mol. The minimum absolute atomic E-state index is 0.00344. The number of rotatable bonds is 4. The summed E-state index contributed by atoms with van der Waals surface area (Å²) in [6.07, 6.45) is 3.77. The van der Waals surface area contributed by atoms with Crippen LogP contribution >= 0.6 is 0 Å². The van der Waals surface area contributed by atoms with E-state index in [2.05, 4.69) is 10.1 Å². The molecule has 7 heteroatoms. The number of nitrogens with zero attached hydrogens (tertiary/aromatic N) is 4. The van der Waals surface area contributed by atoms with Crippen molar-refractivity contribution in [2.75, 3.05) is 0 Å². The lowest BCUT2D eigenvalue weighted by atomic mass is 10.2.